The third-order valence-electron chi connectivity index (χ3n) is 2.47. The summed E-state index contributed by atoms with van der Waals surface area (Å²) in [6.45, 7) is 0.845. The minimum atomic E-state index is 0.164. The lowest BCUT2D eigenvalue weighted by Crippen LogP contribution is -2.00. The van der Waals surface area contributed by atoms with E-state index in [1.807, 2.05) is 30.5 Å². The molecule has 1 N–H and O–H groups in total. The summed E-state index contributed by atoms with van der Waals surface area (Å²) in [5.74, 6) is 0.821. The van der Waals surface area contributed by atoms with E-state index in [0.29, 0.717) is 13.0 Å². The largest absolute Gasteiger partial charge is 0.497 e. The lowest BCUT2D eigenvalue weighted by atomic mass is 10.2. The van der Waals surface area contributed by atoms with Gasteiger partial charge in [-0.2, -0.15) is 0 Å². The van der Waals surface area contributed by atoms with Gasteiger partial charge in [0.1, 0.15) is 11.4 Å². The smallest absolute Gasteiger partial charge is 0.118 e. The van der Waals surface area contributed by atoms with Crippen molar-refractivity contribution in [2.45, 2.75) is 13.0 Å². The maximum atomic E-state index is 8.73. The van der Waals surface area contributed by atoms with Gasteiger partial charge in [-0.15, -0.1) is 5.10 Å². The maximum absolute atomic E-state index is 8.73. The number of nitrogens with zero attached hydrogens (tertiary/aromatic N) is 3. The van der Waals surface area contributed by atoms with Crippen LogP contribution in [0.4, 0.5) is 0 Å². The van der Waals surface area contributed by atoms with Crippen molar-refractivity contribution < 1.29 is 9.84 Å². The maximum Gasteiger partial charge on any atom is 0.118 e. The van der Waals surface area contributed by atoms with Gasteiger partial charge in [-0.3, -0.25) is 4.68 Å². The summed E-state index contributed by atoms with van der Waals surface area (Å²) in [5.41, 5.74) is 1.83. The number of aryl methyl sites for hydroxylation is 1. The zero-order valence-electron chi connectivity index (χ0n) is 9.71. The molecular formula is C12H15N3O2. The highest BCUT2D eigenvalue weighted by molar-refractivity contribution is 5.58. The van der Waals surface area contributed by atoms with Gasteiger partial charge in [-0.05, 0) is 30.7 Å². The highest BCUT2D eigenvalue weighted by Gasteiger charge is 2.03. The van der Waals surface area contributed by atoms with Gasteiger partial charge in [-0.1, -0.05) is 5.21 Å². The fourth-order valence-corrected chi connectivity index (χ4v) is 1.53. The molecule has 5 nitrogen and oxygen atoms in total. The standard InChI is InChI=1S/C12H15N3O2/c1-17-11-5-3-10(4-6-11)12-9-15(14-13-12)7-2-8-16/h3-6,9,16H,2,7-8H2,1H3. The van der Waals surface area contributed by atoms with Gasteiger partial charge in [0.2, 0.25) is 0 Å². The van der Waals surface area contributed by atoms with Crippen LogP contribution in [0.5, 0.6) is 5.75 Å². The lowest BCUT2D eigenvalue weighted by Gasteiger charge is -1.99. The second kappa shape index (κ2) is 5.45. The summed E-state index contributed by atoms with van der Waals surface area (Å²) in [6, 6.07) is 7.67. The van der Waals surface area contributed by atoms with Gasteiger partial charge in [0.15, 0.2) is 0 Å². The summed E-state index contributed by atoms with van der Waals surface area (Å²) in [4.78, 5) is 0. The third kappa shape index (κ3) is 2.82. The Labute approximate surface area is 99.7 Å². The van der Waals surface area contributed by atoms with Crippen LogP contribution in [0, 0.1) is 0 Å². The molecule has 0 spiro atoms. The van der Waals surface area contributed by atoms with Crippen LogP contribution in [0.2, 0.25) is 0 Å². The summed E-state index contributed by atoms with van der Waals surface area (Å²) >= 11 is 0. The first-order chi connectivity index (χ1) is 8.33. The molecular weight excluding hydrogens is 218 g/mol. The molecule has 0 saturated heterocycles. The lowest BCUT2D eigenvalue weighted by molar-refractivity contribution is 0.276. The summed E-state index contributed by atoms with van der Waals surface area (Å²) in [5, 5.41) is 16.8. The molecule has 1 aromatic carbocycles. The second-order valence-corrected chi connectivity index (χ2v) is 3.67. The molecule has 0 amide bonds. The number of methoxy groups -OCH3 is 1. The van der Waals surface area contributed by atoms with E-state index < -0.39 is 0 Å². The fraction of sp³-hybridized carbons (Fsp3) is 0.333. The van der Waals surface area contributed by atoms with E-state index in [-0.39, 0.29) is 6.61 Å². The first kappa shape index (κ1) is 11.6. The van der Waals surface area contributed by atoms with Gasteiger partial charge in [0.05, 0.1) is 13.3 Å². The molecule has 5 heteroatoms. The Bertz CT molecular complexity index is 465. The second-order valence-electron chi connectivity index (χ2n) is 3.67. The first-order valence-electron chi connectivity index (χ1n) is 5.49. The first-order valence-corrected chi connectivity index (χ1v) is 5.49. The van der Waals surface area contributed by atoms with Crippen molar-refractivity contribution in [3.05, 3.63) is 30.5 Å². The Morgan fingerprint density at radius 1 is 1.29 bits per heavy atom. The van der Waals surface area contributed by atoms with E-state index in [0.717, 1.165) is 17.0 Å². The Morgan fingerprint density at radius 2 is 2.06 bits per heavy atom. The Morgan fingerprint density at radius 3 is 2.71 bits per heavy atom. The molecule has 0 aliphatic carbocycles. The number of aromatic nitrogens is 3. The van der Waals surface area contributed by atoms with Gasteiger partial charge < -0.3 is 9.84 Å². The molecule has 0 bridgehead atoms. The quantitative estimate of drug-likeness (QED) is 0.846. The van der Waals surface area contributed by atoms with Crippen LogP contribution >= 0.6 is 0 Å². The van der Waals surface area contributed by atoms with Crippen molar-refractivity contribution in [3.8, 4) is 17.0 Å². The van der Waals surface area contributed by atoms with Crippen molar-refractivity contribution in [3.63, 3.8) is 0 Å². The van der Waals surface area contributed by atoms with Crippen molar-refractivity contribution in [1.82, 2.24) is 15.0 Å². The van der Waals surface area contributed by atoms with Crippen LogP contribution in [0.25, 0.3) is 11.3 Å². The SMILES string of the molecule is COc1ccc(-c2cn(CCCO)nn2)cc1. The minimum Gasteiger partial charge on any atom is -0.497 e. The van der Waals surface area contributed by atoms with Crippen molar-refractivity contribution >= 4 is 0 Å². The van der Waals surface area contributed by atoms with Crippen molar-refractivity contribution in [1.29, 1.82) is 0 Å². The number of ether oxygens (including phenoxy) is 1. The predicted molar refractivity (Wildman–Crippen MR) is 63.7 cm³/mol. The number of hydrogen-bond donors (Lipinski definition) is 1. The van der Waals surface area contributed by atoms with Crippen LogP contribution in [0.3, 0.4) is 0 Å². The monoisotopic (exact) mass is 233 g/mol. The zero-order valence-corrected chi connectivity index (χ0v) is 9.71. The molecule has 17 heavy (non-hydrogen) atoms. The Kier molecular flexibility index (Phi) is 3.72. The van der Waals surface area contributed by atoms with Crippen LogP contribution in [-0.2, 0) is 6.54 Å². The van der Waals surface area contributed by atoms with E-state index in [9.17, 15) is 0 Å². The number of aliphatic hydroxyl groups is 1. The average Bonchev–Trinajstić information content (AvgIpc) is 2.85. The predicted octanol–water partition coefficient (Wildman–Crippen LogP) is 1.34. The molecule has 0 saturated carbocycles. The van der Waals surface area contributed by atoms with E-state index in [1.165, 1.54) is 0 Å². The van der Waals surface area contributed by atoms with Crippen LogP contribution < -0.4 is 4.74 Å². The normalized spacial score (nSPS) is 10.5. The van der Waals surface area contributed by atoms with Crippen molar-refractivity contribution in [2.75, 3.05) is 13.7 Å². The fourth-order valence-electron chi connectivity index (χ4n) is 1.53. The average molecular weight is 233 g/mol. The molecule has 0 aliphatic heterocycles. The van der Waals surface area contributed by atoms with Gasteiger partial charge in [-0.25, -0.2) is 0 Å². The highest BCUT2D eigenvalue weighted by atomic mass is 16.5. The van der Waals surface area contributed by atoms with E-state index in [2.05, 4.69) is 10.3 Å². The number of benzene rings is 1. The Balaban J connectivity index is 2.12. The van der Waals surface area contributed by atoms with E-state index in [1.54, 1.807) is 11.8 Å². The molecule has 0 fully saturated rings. The van der Waals surface area contributed by atoms with E-state index in [4.69, 9.17) is 9.84 Å². The van der Waals surface area contributed by atoms with Gasteiger partial charge in [0, 0.05) is 18.7 Å². The zero-order chi connectivity index (χ0) is 12.1. The summed E-state index contributed by atoms with van der Waals surface area (Å²) in [7, 11) is 1.64. The molecule has 1 aromatic heterocycles. The van der Waals surface area contributed by atoms with Crippen LogP contribution in [-0.4, -0.2) is 33.8 Å². The number of aliphatic hydroxyl groups excluding tert-OH is 1. The van der Waals surface area contributed by atoms with E-state index >= 15 is 0 Å². The Hall–Kier alpha value is -1.88. The molecule has 2 aromatic rings. The highest BCUT2D eigenvalue weighted by Crippen LogP contribution is 2.19. The third-order valence-corrected chi connectivity index (χ3v) is 2.47. The topological polar surface area (TPSA) is 60.2 Å². The molecule has 2 rings (SSSR count). The van der Waals surface area contributed by atoms with Crippen molar-refractivity contribution in [2.24, 2.45) is 0 Å². The molecule has 0 unspecified atom stereocenters. The summed E-state index contributed by atoms with van der Waals surface area (Å²) < 4.78 is 6.83. The van der Waals surface area contributed by atoms with Crippen LogP contribution in [0.15, 0.2) is 30.5 Å². The molecule has 0 atom stereocenters. The van der Waals surface area contributed by atoms with Gasteiger partial charge in [0.25, 0.3) is 0 Å². The molecule has 0 aliphatic rings. The summed E-state index contributed by atoms with van der Waals surface area (Å²) in [6.07, 6.45) is 2.56. The van der Waals surface area contributed by atoms with Gasteiger partial charge >= 0.3 is 0 Å². The molecule has 1 heterocycles. The van der Waals surface area contributed by atoms with Crippen LogP contribution in [0.1, 0.15) is 6.42 Å². The number of hydrogen-bond acceptors (Lipinski definition) is 4. The molecule has 90 valence electrons. The minimum absolute atomic E-state index is 0.164. The number of rotatable bonds is 5. The molecule has 0 radical (unpaired) electrons.